The molecule has 1 aliphatic rings. The van der Waals surface area contributed by atoms with E-state index in [0.717, 1.165) is 16.9 Å². The van der Waals surface area contributed by atoms with Gasteiger partial charge < -0.3 is 30.1 Å². The number of aromatic nitrogens is 2. The molecule has 2 aromatic carbocycles. The summed E-state index contributed by atoms with van der Waals surface area (Å²) in [6.45, 7) is 1.44. The number of rotatable bonds is 8. The normalized spacial score (nSPS) is 14.6. The number of nitrogens with one attached hydrogen (secondary N) is 3. The van der Waals surface area contributed by atoms with E-state index in [9.17, 15) is 18.0 Å². The molecule has 0 fully saturated rings. The number of hydrogen-bond acceptors (Lipinski definition) is 7. The number of aliphatic carboxylic acids is 1. The van der Waals surface area contributed by atoms with E-state index in [1.54, 1.807) is 25.4 Å². The Morgan fingerprint density at radius 2 is 1.93 bits per heavy atom. The Kier molecular flexibility index (Phi) is 10.1. The fraction of sp³-hybridized carbons (Fsp3) is 0.346. The molecule has 1 aliphatic heterocycles. The van der Waals surface area contributed by atoms with E-state index in [2.05, 4.69) is 20.8 Å². The maximum Gasteiger partial charge on any atom is 0.490 e. The molecule has 216 valence electrons. The predicted octanol–water partition coefficient (Wildman–Crippen LogP) is 3.45. The average molecular weight is 568 g/mol. The molecule has 10 nitrogen and oxygen atoms in total. The van der Waals surface area contributed by atoms with Crippen LogP contribution in [0.15, 0.2) is 42.7 Å². The summed E-state index contributed by atoms with van der Waals surface area (Å²) < 4.78 is 58.3. The number of alkyl halides is 3. The van der Waals surface area contributed by atoms with Crippen LogP contribution in [0, 0.1) is 5.82 Å². The van der Waals surface area contributed by atoms with Gasteiger partial charge in [0.05, 0.1) is 25.0 Å². The van der Waals surface area contributed by atoms with Gasteiger partial charge in [0.1, 0.15) is 12.4 Å². The first-order valence-electron chi connectivity index (χ1n) is 12.0. The summed E-state index contributed by atoms with van der Waals surface area (Å²) >= 11 is 0. The van der Waals surface area contributed by atoms with E-state index in [4.69, 9.17) is 19.4 Å². The minimum Gasteiger partial charge on any atom is -0.497 e. The third-order valence-corrected chi connectivity index (χ3v) is 5.88. The Hall–Kier alpha value is -4.17. The van der Waals surface area contributed by atoms with Crippen molar-refractivity contribution in [1.82, 2.24) is 20.4 Å². The zero-order valence-corrected chi connectivity index (χ0v) is 21.9. The molecule has 4 N–H and O–H groups in total. The molecule has 14 heteroatoms. The highest BCUT2D eigenvalue weighted by atomic mass is 19.4. The van der Waals surface area contributed by atoms with Crippen molar-refractivity contribution in [2.24, 2.45) is 0 Å². The Bertz CT molecular complexity index is 1320. The number of methoxy groups -OCH3 is 1. The molecule has 1 atom stereocenters. The number of fused-ring (bicyclic) bond motifs is 1. The molecule has 0 saturated heterocycles. The lowest BCUT2D eigenvalue weighted by Gasteiger charge is -2.26. The summed E-state index contributed by atoms with van der Waals surface area (Å²) in [7, 11) is 5.43. The fourth-order valence-corrected chi connectivity index (χ4v) is 3.77. The second-order valence-electron chi connectivity index (χ2n) is 9.01. The van der Waals surface area contributed by atoms with E-state index < -0.39 is 24.0 Å². The number of aromatic amines is 1. The van der Waals surface area contributed by atoms with Crippen LogP contribution in [0.5, 0.6) is 11.5 Å². The highest BCUT2D eigenvalue weighted by molar-refractivity contribution is 5.97. The van der Waals surface area contributed by atoms with Gasteiger partial charge in [-0.25, -0.2) is 9.18 Å². The number of halogens is 4. The van der Waals surface area contributed by atoms with Gasteiger partial charge in [-0.2, -0.15) is 18.3 Å². The number of H-pyrrole nitrogens is 1. The first-order chi connectivity index (χ1) is 18.9. The van der Waals surface area contributed by atoms with E-state index in [0.29, 0.717) is 36.3 Å². The summed E-state index contributed by atoms with van der Waals surface area (Å²) in [5.41, 5.74) is 3.42. The number of carbonyl (C=O) groups excluding carboxylic acids is 1. The van der Waals surface area contributed by atoms with Crippen LogP contribution in [-0.2, 0) is 22.6 Å². The quantitative estimate of drug-likeness (QED) is 0.305. The van der Waals surface area contributed by atoms with Crippen LogP contribution in [0.4, 0.5) is 23.2 Å². The topological polar surface area (TPSA) is 129 Å². The standard InChI is InChI=1S/C24H28FN5O3.C2HF3O2/c1-30(2)8-9-33-23-20(7-6-19(22(23)25)17-13-27-28-14-17)29-24(31)21-11-16-10-18(32-3)5-4-15(16)12-26-21;3-2(4,5)1(6)7/h4-7,10,13-14,21,26H,8-9,11-12H2,1-3H3,(H,27,28)(H,29,31);(H,6,7)/t21-;/m1./s1. The highest BCUT2D eigenvalue weighted by Crippen LogP contribution is 2.35. The lowest BCUT2D eigenvalue weighted by Crippen LogP contribution is -2.44. The number of likely N-dealkylation sites (N-methyl/N-ethyl adjacent to an activating group) is 1. The van der Waals surface area contributed by atoms with Gasteiger partial charge in [0.15, 0.2) is 11.6 Å². The number of anilines is 1. The van der Waals surface area contributed by atoms with Crippen molar-refractivity contribution in [3.8, 4) is 22.6 Å². The Morgan fingerprint density at radius 1 is 1.20 bits per heavy atom. The van der Waals surface area contributed by atoms with Gasteiger partial charge in [0, 0.05) is 30.4 Å². The molecule has 0 spiro atoms. The van der Waals surface area contributed by atoms with Crippen LogP contribution in [0.1, 0.15) is 11.1 Å². The van der Waals surface area contributed by atoms with Crippen LogP contribution in [0.25, 0.3) is 11.1 Å². The van der Waals surface area contributed by atoms with Gasteiger partial charge in [-0.3, -0.25) is 9.89 Å². The largest absolute Gasteiger partial charge is 0.497 e. The van der Waals surface area contributed by atoms with Crippen molar-refractivity contribution in [1.29, 1.82) is 0 Å². The van der Waals surface area contributed by atoms with Crippen molar-refractivity contribution in [2.75, 3.05) is 39.7 Å². The zero-order valence-electron chi connectivity index (χ0n) is 21.9. The van der Waals surface area contributed by atoms with E-state index in [1.807, 2.05) is 37.2 Å². The molecule has 0 aliphatic carbocycles. The molecule has 1 aromatic heterocycles. The smallest absolute Gasteiger partial charge is 0.490 e. The maximum absolute atomic E-state index is 15.4. The number of carboxylic acids is 1. The lowest BCUT2D eigenvalue weighted by atomic mass is 9.95. The van der Waals surface area contributed by atoms with E-state index >= 15 is 4.39 Å². The Morgan fingerprint density at radius 3 is 2.52 bits per heavy atom. The van der Waals surface area contributed by atoms with Gasteiger partial charge in [-0.05, 0) is 55.9 Å². The van der Waals surface area contributed by atoms with E-state index in [1.165, 1.54) is 6.20 Å². The van der Waals surface area contributed by atoms with Crippen LogP contribution in [0.2, 0.25) is 0 Å². The predicted molar refractivity (Wildman–Crippen MR) is 138 cm³/mol. The van der Waals surface area contributed by atoms with Gasteiger partial charge in [-0.1, -0.05) is 6.07 Å². The molecule has 0 bridgehead atoms. The lowest BCUT2D eigenvalue weighted by molar-refractivity contribution is -0.192. The number of carbonyl (C=O) groups is 2. The average Bonchev–Trinajstić information content (AvgIpc) is 3.44. The summed E-state index contributed by atoms with van der Waals surface area (Å²) in [5, 5.41) is 19.8. The Labute approximate surface area is 227 Å². The molecule has 0 saturated carbocycles. The molecular weight excluding hydrogens is 538 g/mol. The van der Waals surface area contributed by atoms with Gasteiger partial charge >= 0.3 is 12.1 Å². The molecule has 0 radical (unpaired) electrons. The molecular formula is C26H29F4N5O5. The van der Waals surface area contributed by atoms with Gasteiger partial charge in [-0.15, -0.1) is 0 Å². The highest BCUT2D eigenvalue weighted by Gasteiger charge is 2.38. The summed E-state index contributed by atoms with van der Waals surface area (Å²) in [4.78, 5) is 23.9. The van der Waals surface area contributed by atoms with Crippen LogP contribution >= 0.6 is 0 Å². The number of benzene rings is 2. The molecule has 1 amide bonds. The number of carboxylic acid groups (broad SMARTS) is 1. The Balaban J connectivity index is 0.000000559. The fourth-order valence-electron chi connectivity index (χ4n) is 3.77. The SMILES string of the molecule is COc1ccc2c(c1)C[C@H](C(=O)Nc1ccc(-c3cn[nH]c3)c(F)c1OCCN(C)C)NC2.O=C(O)C(F)(F)F. The third kappa shape index (κ3) is 7.93. The van der Waals surface area contributed by atoms with Gasteiger partial charge in [0.25, 0.3) is 0 Å². The van der Waals surface area contributed by atoms with E-state index in [-0.39, 0.29) is 18.3 Å². The molecule has 0 unspecified atom stereocenters. The molecule has 40 heavy (non-hydrogen) atoms. The first-order valence-corrected chi connectivity index (χ1v) is 12.0. The zero-order chi connectivity index (χ0) is 29.4. The van der Waals surface area contributed by atoms with Crippen LogP contribution < -0.4 is 20.1 Å². The monoisotopic (exact) mass is 567 g/mol. The third-order valence-electron chi connectivity index (χ3n) is 5.88. The molecule has 4 rings (SSSR count). The minimum absolute atomic E-state index is 0.0155. The van der Waals surface area contributed by atoms with Crippen molar-refractivity contribution in [2.45, 2.75) is 25.2 Å². The molecule has 2 heterocycles. The van der Waals surface area contributed by atoms with Crippen molar-refractivity contribution in [3.05, 3.63) is 59.7 Å². The van der Waals surface area contributed by atoms with Crippen molar-refractivity contribution < 1.29 is 41.7 Å². The minimum atomic E-state index is -5.08. The number of amides is 1. The second-order valence-corrected chi connectivity index (χ2v) is 9.01. The summed E-state index contributed by atoms with van der Waals surface area (Å²) in [5.74, 6) is -2.78. The number of nitrogens with zero attached hydrogens (tertiary/aromatic N) is 2. The first kappa shape index (κ1) is 30.4. The summed E-state index contributed by atoms with van der Waals surface area (Å²) in [6, 6.07) is 8.66. The maximum atomic E-state index is 15.4. The van der Waals surface area contributed by atoms with Crippen molar-refractivity contribution >= 4 is 17.6 Å². The number of hydrogen-bond donors (Lipinski definition) is 4. The van der Waals surface area contributed by atoms with Gasteiger partial charge in [0.2, 0.25) is 5.91 Å². The van der Waals surface area contributed by atoms with Crippen molar-refractivity contribution in [3.63, 3.8) is 0 Å². The van der Waals surface area contributed by atoms with Crippen LogP contribution in [-0.4, -0.2) is 78.7 Å². The number of ether oxygens (including phenoxy) is 2. The summed E-state index contributed by atoms with van der Waals surface area (Å²) in [6.07, 6.45) is -1.43. The van der Waals surface area contributed by atoms with Crippen LogP contribution in [0.3, 0.4) is 0 Å². The second kappa shape index (κ2) is 13.3. The molecule has 3 aromatic rings.